The lowest BCUT2D eigenvalue weighted by atomic mass is 10.1. The SMILES string of the molecule is Cc1ccccc1-c1nc2cc(NC(=S)NC(=O)c3ccc(-c4cccc([N+](=O)[O-])c4)o3)ccc2o1. The van der Waals surface area contributed by atoms with Crippen LogP contribution in [0, 0.1) is 17.0 Å². The fourth-order valence-electron chi connectivity index (χ4n) is 3.65. The van der Waals surface area contributed by atoms with E-state index in [9.17, 15) is 14.9 Å². The minimum Gasteiger partial charge on any atom is -0.451 e. The van der Waals surface area contributed by atoms with Gasteiger partial charge in [0, 0.05) is 28.9 Å². The van der Waals surface area contributed by atoms with E-state index < -0.39 is 10.8 Å². The Bertz CT molecular complexity index is 1640. The van der Waals surface area contributed by atoms with Crippen molar-refractivity contribution < 1.29 is 18.6 Å². The molecule has 0 fully saturated rings. The van der Waals surface area contributed by atoms with Gasteiger partial charge in [0.05, 0.1) is 4.92 Å². The van der Waals surface area contributed by atoms with E-state index in [0.29, 0.717) is 34.0 Å². The molecule has 3 aromatic carbocycles. The predicted octanol–water partition coefficient (Wildman–Crippen LogP) is 6.10. The molecule has 178 valence electrons. The van der Waals surface area contributed by atoms with E-state index >= 15 is 0 Å². The number of carbonyl (C=O) groups excluding carboxylic acids is 1. The van der Waals surface area contributed by atoms with Gasteiger partial charge in [-0.2, -0.15) is 0 Å². The number of aromatic nitrogens is 1. The summed E-state index contributed by atoms with van der Waals surface area (Å²) in [5, 5.41) is 16.6. The smallest absolute Gasteiger partial charge is 0.293 e. The van der Waals surface area contributed by atoms with Crippen LogP contribution in [0.5, 0.6) is 0 Å². The lowest BCUT2D eigenvalue weighted by Crippen LogP contribution is -2.33. The lowest BCUT2D eigenvalue weighted by Gasteiger charge is -2.08. The molecule has 5 rings (SSSR count). The highest BCUT2D eigenvalue weighted by Crippen LogP contribution is 2.28. The zero-order valence-electron chi connectivity index (χ0n) is 18.8. The number of oxazole rings is 1. The highest BCUT2D eigenvalue weighted by atomic mass is 32.1. The molecular weight excluding hydrogens is 480 g/mol. The third kappa shape index (κ3) is 4.70. The maximum atomic E-state index is 12.6. The van der Waals surface area contributed by atoms with Crippen LogP contribution in [-0.4, -0.2) is 20.9 Å². The van der Waals surface area contributed by atoms with E-state index in [-0.39, 0.29) is 16.6 Å². The molecule has 5 aromatic rings. The van der Waals surface area contributed by atoms with Crippen LogP contribution < -0.4 is 10.6 Å². The molecule has 1 amide bonds. The second-order valence-electron chi connectivity index (χ2n) is 7.90. The van der Waals surface area contributed by atoms with Crippen LogP contribution in [0.3, 0.4) is 0 Å². The molecule has 0 saturated carbocycles. The summed E-state index contributed by atoms with van der Waals surface area (Å²) in [4.78, 5) is 27.7. The number of nitro groups is 1. The van der Waals surface area contributed by atoms with Crippen LogP contribution in [0.1, 0.15) is 16.1 Å². The summed E-state index contributed by atoms with van der Waals surface area (Å²) in [7, 11) is 0. The van der Waals surface area contributed by atoms with E-state index in [4.69, 9.17) is 21.1 Å². The summed E-state index contributed by atoms with van der Waals surface area (Å²) in [6.07, 6.45) is 0. The number of nitro benzene ring substituents is 1. The van der Waals surface area contributed by atoms with Gasteiger partial charge in [-0.15, -0.1) is 0 Å². The molecule has 0 bridgehead atoms. The topological polar surface area (TPSA) is 123 Å². The zero-order valence-corrected chi connectivity index (χ0v) is 19.7. The number of non-ortho nitro benzene ring substituents is 1. The minimum atomic E-state index is -0.562. The van der Waals surface area contributed by atoms with Gasteiger partial charge in [0.2, 0.25) is 5.89 Å². The fourth-order valence-corrected chi connectivity index (χ4v) is 3.86. The largest absolute Gasteiger partial charge is 0.451 e. The summed E-state index contributed by atoms with van der Waals surface area (Å²) in [6.45, 7) is 1.99. The molecule has 0 radical (unpaired) electrons. The van der Waals surface area contributed by atoms with Gasteiger partial charge in [-0.05, 0) is 61.1 Å². The van der Waals surface area contributed by atoms with Crippen LogP contribution in [-0.2, 0) is 0 Å². The first-order valence-electron chi connectivity index (χ1n) is 10.8. The van der Waals surface area contributed by atoms with Crippen molar-refractivity contribution in [3.05, 3.63) is 100 Å². The Morgan fingerprint density at radius 3 is 2.64 bits per heavy atom. The summed E-state index contributed by atoms with van der Waals surface area (Å²) in [6, 6.07) is 22.1. The Morgan fingerprint density at radius 2 is 1.83 bits per heavy atom. The number of anilines is 1. The molecule has 0 aliphatic rings. The highest BCUT2D eigenvalue weighted by Gasteiger charge is 2.16. The van der Waals surface area contributed by atoms with Crippen LogP contribution in [0.2, 0.25) is 0 Å². The average Bonchev–Trinajstić information content (AvgIpc) is 3.52. The Balaban J connectivity index is 1.27. The third-order valence-electron chi connectivity index (χ3n) is 5.42. The van der Waals surface area contributed by atoms with Crippen molar-refractivity contribution in [2.24, 2.45) is 0 Å². The highest BCUT2D eigenvalue weighted by molar-refractivity contribution is 7.80. The van der Waals surface area contributed by atoms with Crippen molar-refractivity contribution in [1.29, 1.82) is 0 Å². The number of carbonyl (C=O) groups is 1. The van der Waals surface area contributed by atoms with Crippen molar-refractivity contribution in [2.75, 3.05) is 5.32 Å². The van der Waals surface area contributed by atoms with E-state index in [1.165, 1.54) is 18.2 Å². The zero-order chi connectivity index (χ0) is 25.2. The second-order valence-corrected chi connectivity index (χ2v) is 8.30. The Labute approximate surface area is 209 Å². The summed E-state index contributed by atoms with van der Waals surface area (Å²) < 4.78 is 11.5. The van der Waals surface area contributed by atoms with E-state index in [2.05, 4.69) is 15.6 Å². The van der Waals surface area contributed by atoms with Crippen LogP contribution >= 0.6 is 12.2 Å². The van der Waals surface area contributed by atoms with E-state index in [1.807, 2.05) is 31.2 Å². The van der Waals surface area contributed by atoms with Gasteiger partial charge in [0.15, 0.2) is 16.5 Å². The number of benzene rings is 3. The summed E-state index contributed by atoms with van der Waals surface area (Å²) in [5.41, 5.74) is 4.25. The molecular formula is C26H18N4O5S. The quantitative estimate of drug-likeness (QED) is 0.169. The average molecular weight is 499 g/mol. The van der Waals surface area contributed by atoms with Crippen LogP contribution in [0.4, 0.5) is 11.4 Å². The molecule has 0 saturated heterocycles. The first-order chi connectivity index (χ1) is 17.4. The fraction of sp³-hybridized carbons (Fsp3) is 0.0385. The molecule has 9 nitrogen and oxygen atoms in total. The minimum absolute atomic E-state index is 0.00971. The number of thiocarbonyl (C=S) groups is 1. The number of aryl methyl sites for hydroxylation is 1. The standard InChI is InChI=1S/C26H18N4O5S/c1-15-5-2-3-8-19(15)25-28-20-14-17(9-10-22(20)35-25)27-26(36)29-24(31)23-12-11-21(34-23)16-6-4-7-18(13-16)30(32)33/h2-14H,1H3,(H2,27,29,31,36). The lowest BCUT2D eigenvalue weighted by molar-refractivity contribution is -0.384. The number of amides is 1. The first kappa shape index (κ1) is 22.9. The van der Waals surface area contributed by atoms with Gasteiger partial charge in [-0.3, -0.25) is 20.2 Å². The van der Waals surface area contributed by atoms with Crippen molar-refractivity contribution in [1.82, 2.24) is 10.3 Å². The molecule has 0 aliphatic carbocycles. The number of hydrogen-bond donors (Lipinski definition) is 2. The predicted molar refractivity (Wildman–Crippen MR) is 139 cm³/mol. The maximum Gasteiger partial charge on any atom is 0.293 e. The maximum absolute atomic E-state index is 12.6. The summed E-state index contributed by atoms with van der Waals surface area (Å²) >= 11 is 5.28. The van der Waals surface area contributed by atoms with Crippen LogP contribution in [0.25, 0.3) is 33.9 Å². The number of fused-ring (bicyclic) bond motifs is 1. The normalized spacial score (nSPS) is 10.8. The number of rotatable bonds is 5. The van der Waals surface area contributed by atoms with Crippen LogP contribution in [0.15, 0.2) is 87.7 Å². The number of nitrogens with zero attached hydrogens (tertiary/aromatic N) is 2. The number of hydrogen-bond acceptors (Lipinski definition) is 7. The molecule has 2 N–H and O–H groups in total. The van der Waals surface area contributed by atoms with Gasteiger partial charge >= 0.3 is 0 Å². The monoisotopic (exact) mass is 498 g/mol. The molecule has 2 heterocycles. The molecule has 0 spiro atoms. The van der Waals surface area contributed by atoms with Gasteiger partial charge in [0.25, 0.3) is 11.6 Å². The van der Waals surface area contributed by atoms with Gasteiger partial charge in [-0.1, -0.05) is 30.3 Å². The van der Waals surface area contributed by atoms with E-state index in [0.717, 1.165) is 11.1 Å². The van der Waals surface area contributed by atoms with E-state index in [1.54, 1.807) is 36.4 Å². The summed E-state index contributed by atoms with van der Waals surface area (Å²) in [5.74, 6) is 0.293. The van der Waals surface area contributed by atoms with Crippen molar-refractivity contribution >= 4 is 45.7 Å². The molecule has 0 unspecified atom stereocenters. The van der Waals surface area contributed by atoms with Crippen molar-refractivity contribution in [3.8, 4) is 22.8 Å². The van der Waals surface area contributed by atoms with Crippen molar-refractivity contribution in [3.63, 3.8) is 0 Å². The van der Waals surface area contributed by atoms with Gasteiger partial charge < -0.3 is 14.2 Å². The molecule has 0 atom stereocenters. The Hall–Kier alpha value is -4.83. The number of nitrogens with one attached hydrogen (secondary N) is 2. The first-order valence-corrected chi connectivity index (χ1v) is 11.2. The van der Waals surface area contributed by atoms with Gasteiger partial charge in [-0.25, -0.2) is 4.98 Å². The number of furan rings is 1. The molecule has 2 aromatic heterocycles. The molecule has 0 aliphatic heterocycles. The van der Waals surface area contributed by atoms with Gasteiger partial charge in [0.1, 0.15) is 11.3 Å². The molecule has 36 heavy (non-hydrogen) atoms. The van der Waals surface area contributed by atoms with Crippen molar-refractivity contribution in [2.45, 2.75) is 6.92 Å². The second kappa shape index (κ2) is 9.43. The molecule has 10 heteroatoms. The Morgan fingerprint density at radius 1 is 1.00 bits per heavy atom. The third-order valence-corrected chi connectivity index (χ3v) is 5.62. The Kier molecular flexibility index (Phi) is 6.01.